The highest BCUT2D eigenvalue weighted by atomic mass is 32.1. The van der Waals surface area contributed by atoms with E-state index >= 15 is 0 Å². The van der Waals surface area contributed by atoms with Crippen molar-refractivity contribution in [3.05, 3.63) is 77.0 Å². The Morgan fingerprint density at radius 3 is 2.95 bits per heavy atom. The summed E-state index contributed by atoms with van der Waals surface area (Å²) in [6.45, 7) is 3.63. The summed E-state index contributed by atoms with van der Waals surface area (Å²) < 4.78 is 0.278. The second-order valence-electron chi connectivity index (χ2n) is 4.66. The van der Waals surface area contributed by atoms with E-state index in [1.54, 1.807) is 18.2 Å². The zero-order valence-corrected chi connectivity index (χ0v) is 12.8. The number of aromatic nitrogens is 2. The number of rotatable bonds is 4. The van der Waals surface area contributed by atoms with Crippen LogP contribution in [-0.4, -0.2) is 9.97 Å². The highest BCUT2D eigenvalue weighted by molar-refractivity contribution is 7.71. The first-order chi connectivity index (χ1) is 10.7. The van der Waals surface area contributed by atoms with Crippen LogP contribution in [0.3, 0.4) is 0 Å². The van der Waals surface area contributed by atoms with Crippen molar-refractivity contribution in [3.63, 3.8) is 0 Å². The molecule has 0 radical (unpaired) electrons. The Labute approximate surface area is 134 Å². The normalized spacial score (nSPS) is 17.6. The zero-order valence-electron chi connectivity index (χ0n) is 12.0. The van der Waals surface area contributed by atoms with Crippen molar-refractivity contribution < 1.29 is 0 Å². The van der Waals surface area contributed by atoms with E-state index in [1.165, 1.54) is 6.20 Å². The quantitative estimate of drug-likeness (QED) is 0.657. The maximum atomic E-state index is 9.37. The maximum Gasteiger partial charge on any atom is 0.148 e. The van der Waals surface area contributed by atoms with Crippen molar-refractivity contribution >= 4 is 17.8 Å². The molecule has 4 nitrogen and oxygen atoms in total. The molecule has 0 saturated heterocycles. The van der Waals surface area contributed by atoms with Gasteiger partial charge in [-0.1, -0.05) is 55.3 Å². The molecular weight excluding hydrogens is 292 g/mol. The van der Waals surface area contributed by atoms with E-state index in [0.717, 1.165) is 12.1 Å². The van der Waals surface area contributed by atoms with E-state index < -0.39 is 0 Å². The molecule has 22 heavy (non-hydrogen) atoms. The molecule has 1 aromatic rings. The number of nitriles is 1. The highest BCUT2D eigenvalue weighted by Gasteiger charge is 2.17. The van der Waals surface area contributed by atoms with Crippen LogP contribution < -0.4 is 5.73 Å². The minimum atomic E-state index is 0.0745. The SMILES string of the molecule is C=C/C=C\C(=C/N)c1nc(=S)c(C#N)c(C2C=CC=CC2)[nH]1. The van der Waals surface area contributed by atoms with Crippen LogP contribution in [0.25, 0.3) is 5.57 Å². The topological polar surface area (TPSA) is 78.5 Å². The lowest BCUT2D eigenvalue weighted by Crippen LogP contribution is -2.08. The van der Waals surface area contributed by atoms with Crippen LogP contribution in [0.2, 0.25) is 0 Å². The van der Waals surface area contributed by atoms with Gasteiger partial charge in [0.2, 0.25) is 0 Å². The molecule has 110 valence electrons. The molecule has 0 spiro atoms. The minimum absolute atomic E-state index is 0.0745. The molecule has 3 N–H and O–H groups in total. The predicted molar refractivity (Wildman–Crippen MR) is 91.3 cm³/mol. The first-order valence-corrected chi connectivity index (χ1v) is 7.21. The van der Waals surface area contributed by atoms with Gasteiger partial charge in [0, 0.05) is 23.4 Å². The van der Waals surface area contributed by atoms with Crippen molar-refractivity contribution in [2.45, 2.75) is 12.3 Å². The third-order valence-electron chi connectivity index (χ3n) is 3.28. The Hall–Kier alpha value is -2.71. The fourth-order valence-corrected chi connectivity index (χ4v) is 2.44. The predicted octanol–water partition coefficient (Wildman–Crippen LogP) is 3.65. The zero-order chi connectivity index (χ0) is 15.9. The standard InChI is InChI=1S/C17H16N4S/c1-2-3-7-13(10-18)16-20-15(12-8-5-4-6-9-12)14(11-19)17(22)21-16/h2-8,10,12H,1,9,18H2,(H,20,21,22)/b7-3-,13-10+. The van der Waals surface area contributed by atoms with Gasteiger partial charge in [0.1, 0.15) is 22.1 Å². The molecule has 1 unspecified atom stereocenters. The van der Waals surface area contributed by atoms with Gasteiger partial charge >= 0.3 is 0 Å². The van der Waals surface area contributed by atoms with Crippen molar-refractivity contribution in [1.29, 1.82) is 5.26 Å². The number of nitrogens with one attached hydrogen (secondary N) is 1. The molecule has 1 aliphatic rings. The summed E-state index contributed by atoms with van der Waals surface area (Å²) in [4.78, 5) is 7.50. The highest BCUT2D eigenvalue weighted by Crippen LogP contribution is 2.27. The molecule has 0 aromatic carbocycles. The summed E-state index contributed by atoms with van der Waals surface area (Å²) >= 11 is 5.27. The van der Waals surface area contributed by atoms with Gasteiger partial charge in [-0.15, -0.1) is 0 Å². The van der Waals surface area contributed by atoms with Gasteiger partial charge in [0.05, 0.1) is 0 Å². The number of hydrogen-bond acceptors (Lipinski definition) is 4. The first kappa shape index (κ1) is 15.7. The molecule has 0 saturated carbocycles. The molecule has 1 aliphatic carbocycles. The summed E-state index contributed by atoms with van der Waals surface area (Å²) in [6, 6.07) is 2.15. The van der Waals surface area contributed by atoms with Crippen molar-refractivity contribution in [2.75, 3.05) is 0 Å². The lowest BCUT2D eigenvalue weighted by molar-refractivity contribution is 0.797. The molecule has 0 fully saturated rings. The van der Waals surface area contributed by atoms with Gasteiger partial charge in [-0.2, -0.15) is 5.26 Å². The van der Waals surface area contributed by atoms with Crippen LogP contribution in [0, 0.1) is 16.0 Å². The number of nitrogens with zero attached hydrogens (tertiary/aromatic N) is 2. The molecule has 1 atom stereocenters. The van der Waals surface area contributed by atoms with E-state index in [4.69, 9.17) is 18.0 Å². The van der Waals surface area contributed by atoms with E-state index in [9.17, 15) is 5.26 Å². The third-order valence-corrected chi connectivity index (χ3v) is 3.57. The minimum Gasteiger partial charge on any atom is -0.404 e. The number of nitrogens with two attached hydrogens (primary N) is 1. The van der Waals surface area contributed by atoms with E-state index in [1.807, 2.05) is 18.2 Å². The Morgan fingerprint density at radius 2 is 2.36 bits per heavy atom. The lowest BCUT2D eigenvalue weighted by atomic mass is 9.94. The van der Waals surface area contributed by atoms with Crippen LogP contribution >= 0.6 is 12.2 Å². The lowest BCUT2D eigenvalue weighted by Gasteiger charge is -2.16. The fraction of sp³-hybridized carbons (Fsp3) is 0.118. The summed E-state index contributed by atoms with van der Waals surface area (Å²) in [5.41, 5.74) is 7.53. The second kappa shape index (κ2) is 7.34. The smallest absolute Gasteiger partial charge is 0.148 e. The van der Waals surface area contributed by atoms with Gasteiger partial charge in [-0.3, -0.25) is 0 Å². The summed E-state index contributed by atoms with van der Waals surface area (Å²) in [6.07, 6.45) is 15.5. The van der Waals surface area contributed by atoms with Crippen molar-refractivity contribution in [1.82, 2.24) is 9.97 Å². The molecule has 0 bridgehead atoms. The van der Waals surface area contributed by atoms with Crippen LogP contribution in [-0.2, 0) is 0 Å². The van der Waals surface area contributed by atoms with Crippen LogP contribution in [0.15, 0.2) is 55.3 Å². The number of aromatic amines is 1. The largest absolute Gasteiger partial charge is 0.404 e. The molecular formula is C17H16N4S. The molecule has 1 aromatic heterocycles. The van der Waals surface area contributed by atoms with Gasteiger partial charge in [0.25, 0.3) is 0 Å². The molecule has 1 heterocycles. The number of H-pyrrole nitrogens is 1. The summed E-state index contributed by atoms with van der Waals surface area (Å²) in [7, 11) is 0. The summed E-state index contributed by atoms with van der Waals surface area (Å²) in [5.74, 6) is 0.619. The maximum absolute atomic E-state index is 9.37. The molecule has 0 aliphatic heterocycles. The van der Waals surface area contributed by atoms with Crippen molar-refractivity contribution in [2.24, 2.45) is 5.73 Å². The fourth-order valence-electron chi connectivity index (χ4n) is 2.19. The number of hydrogen-bond donors (Lipinski definition) is 2. The van der Waals surface area contributed by atoms with E-state index in [-0.39, 0.29) is 10.6 Å². The number of allylic oxidation sites excluding steroid dienone is 8. The van der Waals surface area contributed by atoms with Gasteiger partial charge < -0.3 is 10.7 Å². The van der Waals surface area contributed by atoms with Crippen LogP contribution in [0.4, 0.5) is 0 Å². The Bertz CT molecular complexity index is 788. The second-order valence-corrected chi connectivity index (χ2v) is 5.05. The van der Waals surface area contributed by atoms with Gasteiger partial charge in [-0.25, -0.2) is 4.98 Å². The Balaban J connectivity index is 2.58. The van der Waals surface area contributed by atoms with Gasteiger partial charge in [-0.05, 0) is 12.5 Å². The molecule has 5 heteroatoms. The summed E-state index contributed by atoms with van der Waals surface area (Å²) in [5, 5.41) is 9.37. The van der Waals surface area contributed by atoms with E-state index in [0.29, 0.717) is 17.0 Å². The Kier molecular flexibility index (Phi) is 5.23. The van der Waals surface area contributed by atoms with Gasteiger partial charge in [0.15, 0.2) is 0 Å². The molecule has 2 rings (SSSR count). The average Bonchev–Trinajstić information content (AvgIpc) is 2.56. The third kappa shape index (κ3) is 3.30. The van der Waals surface area contributed by atoms with Crippen LogP contribution in [0.1, 0.15) is 29.4 Å². The average molecular weight is 308 g/mol. The molecule has 0 amide bonds. The van der Waals surface area contributed by atoms with E-state index in [2.05, 4.69) is 28.7 Å². The first-order valence-electron chi connectivity index (χ1n) is 6.80. The Morgan fingerprint density at radius 1 is 1.55 bits per heavy atom. The van der Waals surface area contributed by atoms with Crippen molar-refractivity contribution in [3.8, 4) is 6.07 Å². The van der Waals surface area contributed by atoms with Crippen LogP contribution in [0.5, 0.6) is 0 Å². The monoisotopic (exact) mass is 308 g/mol.